The van der Waals surface area contributed by atoms with Gasteiger partial charge in [0, 0.05) is 24.1 Å². The van der Waals surface area contributed by atoms with Crippen LogP contribution in [0.25, 0.3) is 0 Å². The fraction of sp³-hybridized carbons (Fsp3) is 0.786. The Morgan fingerprint density at radius 3 is 2.46 bits per heavy atom. The number of hydrogen-bond acceptors (Lipinski definition) is 7. The van der Waals surface area contributed by atoms with E-state index in [1.165, 1.54) is 18.5 Å². The van der Waals surface area contributed by atoms with Gasteiger partial charge in [0.25, 0.3) is 0 Å². The van der Waals surface area contributed by atoms with E-state index in [4.69, 9.17) is 16.2 Å². The van der Waals surface area contributed by atoms with E-state index in [2.05, 4.69) is 10.6 Å². The van der Waals surface area contributed by atoms with Gasteiger partial charge in [-0.1, -0.05) is 6.82 Å². The van der Waals surface area contributed by atoms with E-state index < -0.39 is 59.9 Å². The summed E-state index contributed by atoms with van der Waals surface area (Å²) < 4.78 is 0. The first-order valence-electron chi connectivity index (χ1n) is 8.33. The van der Waals surface area contributed by atoms with E-state index in [1.54, 1.807) is 0 Å². The molecule has 0 aromatic carbocycles. The summed E-state index contributed by atoms with van der Waals surface area (Å²) in [6.45, 7) is 2.98. The highest BCUT2D eigenvalue weighted by Crippen LogP contribution is 2.42. The Kier molecular flexibility index (Phi) is 8.67. The molecule has 1 saturated carbocycles. The smallest absolute Gasteiger partial charge is 0.307 e. The lowest BCUT2D eigenvalue weighted by molar-refractivity contribution is -0.141. The van der Waals surface area contributed by atoms with Crippen molar-refractivity contribution in [3.05, 3.63) is 0 Å². The molecular weight excluding hydrogens is 363 g/mol. The molecule has 1 rings (SSSR count). The molecule has 10 nitrogen and oxygen atoms in total. The van der Waals surface area contributed by atoms with Gasteiger partial charge in [0.15, 0.2) is 12.5 Å². The minimum atomic E-state index is -1.52. The predicted octanol–water partition coefficient (Wildman–Crippen LogP) is -2.72. The van der Waals surface area contributed by atoms with Crippen molar-refractivity contribution >= 4 is 36.0 Å². The standard InChI is InChI=1S/C14H27BN4O6S/c1-5(21)18-10(11(23)8(22)4-20)9-7(19-14(16)17)3-6(13(24)25)12(9)26-15-2/h6-12,15,20,22-23H,3-4H2,1-2H3,(H,18,21)(H,24,25)(H4,16,17,19)/t6-,7+,8-,9+,10-,11-,12+/m0/s1. The van der Waals surface area contributed by atoms with E-state index in [1.807, 2.05) is 6.82 Å². The first-order chi connectivity index (χ1) is 12.1. The van der Waals surface area contributed by atoms with Crippen molar-refractivity contribution < 1.29 is 30.0 Å². The van der Waals surface area contributed by atoms with Gasteiger partial charge in [-0.15, -0.1) is 0 Å². The van der Waals surface area contributed by atoms with Crippen LogP contribution in [0.2, 0.25) is 6.82 Å². The zero-order valence-corrected chi connectivity index (χ0v) is 15.6. The van der Waals surface area contributed by atoms with Crippen LogP contribution in [-0.2, 0) is 9.59 Å². The normalized spacial score (nSPS) is 28.7. The highest BCUT2D eigenvalue weighted by Gasteiger charge is 2.52. The van der Waals surface area contributed by atoms with E-state index in [0.717, 1.165) is 0 Å². The van der Waals surface area contributed by atoms with E-state index >= 15 is 0 Å². The number of aliphatic hydroxyl groups is 3. The predicted molar refractivity (Wildman–Crippen MR) is 99.2 cm³/mol. The molecule has 0 heterocycles. The Bertz CT molecular complexity index is 528. The molecule has 1 aliphatic rings. The Morgan fingerprint density at radius 2 is 2.04 bits per heavy atom. The van der Waals surface area contributed by atoms with Crippen LogP contribution in [0.5, 0.6) is 0 Å². The molecule has 148 valence electrons. The minimum Gasteiger partial charge on any atom is -0.481 e. The summed E-state index contributed by atoms with van der Waals surface area (Å²) in [7, 11) is 0. The minimum absolute atomic E-state index is 0.148. The largest absolute Gasteiger partial charge is 0.481 e. The van der Waals surface area contributed by atoms with Crippen molar-refractivity contribution in [2.75, 3.05) is 6.61 Å². The average Bonchev–Trinajstić information content (AvgIpc) is 2.89. The van der Waals surface area contributed by atoms with E-state index in [-0.39, 0.29) is 12.4 Å². The maximum Gasteiger partial charge on any atom is 0.307 e. The number of nitrogens with two attached hydrogens (primary N) is 1. The Labute approximate surface area is 156 Å². The third kappa shape index (κ3) is 5.50. The molecule has 0 spiro atoms. The molecule has 0 unspecified atom stereocenters. The lowest BCUT2D eigenvalue weighted by atomic mass is 9.87. The number of carboxylic acid groups (broad SMARTS) is 1. The molecule has 7 atom stereocenters. The quantitative estimate of drug-likeness (QED) is 0.117. The van der Waals surface area contributed by atoms with Gasteiger partial charge < -0.3 is 36.8 Å². The zero-order chi connectivity index (χ0) is 20.0. The Hall–Kier alpha value is -1.50. The molecule has 0 radical (unpaired) electrons. The van der Waals surface area contributed by atoms with Crippen LogP contribution in [0.1, 0.15) is 13.3 Å². The van der Waals surface area contributed by atoms with Gasteiger partial charge in [-0.2, -0.15) is 0 Å². The molecule has 0 saturated heterocycles. The van der Waals surface area contributed by atoms with Crippen LogP contribution in [0.4, 0.5) is 0 Å². The molecule has 0 aliphatic heterocycles. The maximum absolute atomic E-state index is 11.7. The van der Waals surface area contributed by atoms with Gasteiger partial charge in [0.2, 0.25) is 5.91 Å². The number of hydrogen-bond donors (Lipinski definition) is 8. The number of guanidine groups is 1. The Balaban J connectivity index is 3.32. The molecular formula is C14H27BN4O6S. The molecule has 0 aromatic rings. The van der Waals surface area contributed by atoms with Crippen LogP contribution >= 0.6 is 11.6 Å². The topological polar surface area (TPSA) is 189 Å². The van der Waals surface area contributed by atoms with Crippen molar-refractivity contribution in [2.24, 2.45) is 17.6 Å². The lowest BCUT2D eigenvalue weighted by Crippen LogP contribution is -2.59. The molecule has 1 aliphatic carbocycles. The summed E-state index contributed by atoms with van der Waals surface area (Å²) in [4.78, 5) is 23.4. The number of carbonyl (C=O) groups excluding carboxylic acids is 1. The summed E-state index contributed by atoms with van der Waals surface area (Å²) in [5, 5.41) is 51.3. The SMILES string of the molecule is CBS[C@H]1[C@@H]([C@H](NC(C)=O)[C@@H](O)[C@@H](O)CO)[C@H](NC(=N)N)C[C@@H]1C(=O)O. The fourth-order valence-electron chi connectivity index (χ4n) is 3.52. The van der Waals surface area contributed by atoms with Gasteiger partial charge in [-0.3, -0.25) is 15.0 Å². The van der Waals surface area contributed by atoms with Crippen molar-refractivity contribution in [1.29, 1.82) is 5.41 Å². The number of rotatable bonds is 9. The molecule has 26 heavy (non-hydrogen) atoms. The highest BCUT2D eigenvalue weighted by molar-refractivity contribution is 8.22. The maximum atomic E-state index is 11.7. The number of carboxylic acids is 1. The summed E-state index contributed by atoms with van der Waals surface area (Å²) in [5.41, 5.74) is 5.42. The second-order valence-corrected chi connectivity index (χ2v) is 7.76. The van der Waals surface area contributed by atoms with E-state index in [9.17, 15) is 24.9 Å². The number of amides is 1. The van der Waals surface area contributed by atoms with Gasteiger partial charge in [-0.05, 0) is 6.42 Å². The van der Waals surface area contributed by atoms with Crippen LogP contribution < -0.4 is 16.4 Å². The lowest BCUT2D eigenvalue weighted by Gasteiger charge is -2.37. The summed E-state index contributed by atoms with van der Waals surface area (Å²) in [6.07, 6.45) is -2.88. The molecule has 9 N–H and O–H groups in total. The summed E-state index contributed by atoms with van der Waals surface area (Å²) in [5.74, 6) is -3.26. The van der Waals surface area contributed by atoms with Gasteiger partial charge >= 0.3 is 5.97 Å². The third-order valence-corrected chi connectivity index (χ3v) is 5.86. The number of aliphatic carboxylic acids is 1. The summed E-state index contributed by atoms with van der Waals surface area (Å²) >= 11 is 1.37. The van der Waals surface area contributed by atoms with Crippen LogP contribution in [0, 0.1) is 17.2 Å². The molecule has 1 fully saturated rings. The van der Waals surface area contributed by atoms with Crippen molar-refractivity contribution in [3.63, 3.8) is 0 Å². The highest BCUT2D eigenvalue weighted by atomic mass is 32.2. The Morgan fingerprint density at radius 1 is 1.42 bits per heavy atom. The van der Waals surface area contributed by atoms with Crippen LogP contribution in [0.15, 0.2) is 0 Å². The number of nitrogens with one attached hydrogen (secondary N) is 3. The van der Waals surface area contributed by atoms with Gasteiger partial charge in [0.1, 0.15) is 12.2 Å². The van der Waals surface area contributed by atoms with Gasteiger partial charge in [-0.25, -0.2) is 11.6 Å². The summed E-state index contributed by atoms with van der Waals surface area (Å²) in [6, 6.07) is -1.63. The average molecular weight is 390 g/mol. The molecule has 0 aromatic heterocycles. The van der Waals surface area contributed by atoms with Crippen molar-refractivity contribution in [3.8, 4) is 0 Å². The van der Waals surface area contributed by atoms with E-state index in [0.29, 0.717) is 6.56 Å². The van der Waals surface area contributed by atoms with Crippen LogP contribution in [0.3, 0.4) is 0 Å². The van der Waals surface area contributed by atoms with Crippen molar-refractivity contribution in [2.45, 2.75) is 49.7 Å². The first kappa shape index (κ1) is 22.5. The van der Waals surface area contributed by atoms with Gasteiger partial charge in [0.05, 0.1) is 18.6 Å². The van der Waals surface area contributed by atoms with Crippen molar-refractivity contribution in [1.82, 2.24) is 10.6 Å². The third-order valence-electron chi connectivity index (χ3n) is 4.50. The first-order valence-corrected chi connectivity index (χ1v) is 9.37. The number of carbonyl (C=O) groups is 2. The second kappa shape index (κ2) is 10.00. The molecule has 12 heteroatoms. The fourth-order valence-corrected chi connectivity index (χ4v) is 4.95. The van der Waals surface area contributed by atoms with Crippen LogP contribution in [-0.4, -0.2) is 81.0 Å². The monoisotopic (exact) mass is 390 g/mol. The number of aliphatic hydroxyl groups excluding tert-OH is 3. The second-order valence-electron chi connectivity index (χ2n) is 6.31. The molecule has 1 amide bonds. The molecule has 0 bridgehead atoms. The zero-order valence-electron chi connectivity index (χ0n) is 14.8.